The molecule has 5 nitrogen and oxygen atoms in total. The average Bonchev–Trinajstić information content (AvgIpc) is 2.51. The van der Waals surface area contributed by atoms with E-state index in [-0.39, 0.29) is 18.7 Å². The van der Waals surface area contributed by atoms with Crippen LogP contribution in [0.1, 0.15) is 17.5 Å². The summed E-state index contributed by atoms with van der Waals surface area (Å²) in [6.45, 7) is 4.76. The van der Waals surface area contributed by atoms with Gasteiger partial charge in [-0.05, 0) is 37.6 Å². The Balaban J connectivity index is 1.90. The molecule has 0 aliphatic carbocycles. The van der Waals surface area contributed by atoms with Crippen molar-refractivity contribution in [1.82, 2.24) is 15.1 Å². The van der Waals surface area contributed by atoms with Gasteiger partial charge in [-0.25, -0.2) is 4.79 Å². The van der Waals surface area contributed by atoms with Gasteiger partial charge in [0.1, 0.15) is 0 Å². The number of nitrogens with one attached hydrogen (secondary N) is 1. The zero-order valence-electron chi connectivity index (χ0n) is 13.2. The number of amides is 2. The van der Waals surface area contributed by atoms with Crippen LogP contribution in [0.3, 0.4) is 0 Å². The number of hydrogen-bond donors (Lipinski definition) is 2. The van der Waals surface area contributed by atoms with Crippen molar-refractivity contribution in [3.63, 3.8) is 0 Å². The van der Waals surface area contributed by atoms with E-state index in [1.807, 2.05) is 37.1 Å². The third-order valence-electron chi connectivity index (χ3n) is 4.34. The topological polar surface area (TPSA) is 55.8 Å². The molecule has 1 fully saturated rings. The minimum Gasteiger partial charge on any atom is -0.396 e. The Morgan fingerprint density at radius 2 is 2.23 bits per heavy atom. The number of urea groups is 1. The summed E-state index contributed by atoms with van der Waals surface area (Å²) in [6, 6.07) is 5.87. The molecular weight excluding hydrogens is 302 g/mol. The summed E-state index contributed by atoms with van der Waals surface area (Å²) in [5.74, 6) is 0. The van der Waals surface area contributed by atoms with E-state index in [2.05, 4.69) is 10.2 Å². The number of hydrogen-bond acceptors (Lipinski definition) is 3. The summed E-state index contributed by atoms with van der Waals surface area (Å²) in [6.07, 6.45) is 0.688. The number of halogens is 1. The van der Waals surface area contributed by atoms with Crippen LogP contribution in [0.2, 0.25) is 5.02 Å². The van der Waals surface area contributed by atoms with Gasteiger partial charge in [-0.15, -0.1) is 0 Å². The second-order valence-corrected chi connectivity index (χ2v) is 6.18. The van der Waals surface area contributed by atoms with Crippen LogP contribution in [0, 0.1) is 6.92 Å². The molecule has 1 atom stereocenters. The minimum atomic E-state index is -0.0598. The molecule has 1 aromatic carbocycles. The van der Waals surface area contributed by atoms with Gasteiger partial charge in [0.2, 0.25) is 0 Å². The quantitative estimate of drug-likeness (QED) is 0.888. The molecule has 0 radical (unpaired) electrons. The average molecular weight is 326 g/mol. The number of benzene rings is 1. The lowest BCUT2D eigenvalue weighted by Gasteiger charge is -2.39. The summed E-state index contributed by atoms with van der Waals surface area (Å²) in [5.41, 5.74) is 2.03. The van der Waals surface area contributed by atoms with Crippen molar-refractivity contribution in [2.75, 3.05) is 33.3 Å². The van der Waals surface area contributed by atoms with Crippen LogP contribution >= 0.6 is 11.6 Å². The Hall–Kier alpha value is -1.30. The molecule has 6 heteroatoms. The first-order chi connectivity index (χ1) is 10.5. The molecule has 1 heterocycles. The molecule has 2 amide bonds. The van der Waals surface area contributed by atoms with E-state index in [0.29, 0.717) is 31.1 Å². The zero-order valence-corrected chi connectivity index (χ0v) is 13.9. The van der Waals surface area contributed by atoms with Crippen molar-refractivity contribution in [2.24, 2.45) is 0 Å². The monoisotopic (exact) mass is 325 g/mol. The van der Waals surface area contributed by atoms with E-state index in [9.17, 15) is 4.79 Å². The van der Waals surface area contributed by atoms with Crippen LogP contribution in [0.5, 0.6) is 0 Å². The predicted octanol–water partition coefficient (Wildman–Crippen LogP) is 1.86. The van der Waals surface area contributed by atoms with E-state index < -0.39 is 0 Å². The third kappa shape index (κ3) is 4.12. The molecule has 1 aromatic rings. The first kappa shape index (κ1) is 17.1. The fraction of sp³-hybridized carbons (Fsp3) is 0.562. The normalized spacial score (nSPS) is 19.3. The first-order valence-corrected chi connectivity index (χ1v) is 7.98. The standard InChI is InChI=1S/C16H24ClN3O2/c1-12-13(4-3-5-15(12)17)10-18-16(22)20-8-7-19(2)14(11-20)6-9-21/h3-5,14,21H,6-11H2,1-2H3,(H,18,22). The second-order valence-electron chi connectivity index (χ2n) is 5.78. The summed E-state index contributed by atoms with van der Waals surface area (Å²) in [7, 11) is 2.03. The maximum Gasteiger partial charge on any atom is 0.317 e. The maximum atomic E-state index is 12.3. The highest BCUT2D eigenvalue weighted by atomic mass is 35.5. The van der Waals surface area contributed by atoms with E-state index in [1.54, 1.807) is 0 Å². The molecule has 0 aromatic heterocycles. The summed E-state index contributed by atoms with van der Waals surface area (Å²) < 4.78 is 0. The second kappa shape index (κ2) is 7.81. The Labute approximate surface area is 136 Å². The number of nitrogens with zero attached hydrogens (tertiary/aromatic N) is 2. The number of aliphatic hydroxyl groups excluding tert-OH is 1. The molecule has 1 aliphatic heterocycles. The van der Waals surface area contributed by atoms with Crippen LogP contribution in [-0.2, 0) is 6.54 Å². The molecule has 2 N–H and O–H groups in total. The third-order valence-corrected chi connectivity index (χ3v) is 4.75. The highest BCUT2D eigenvalue weighted by Crippen LogP contribution is 2.18. The first-order valence-electron chi connectivity index (χ1n) is 7.60. The minimum absolute atomic E-state index is 0.0598. The molecule has 0 bridgehead atoms. The van der Waals surface area contributed by atoms with Crippen molar-refractivity contribution in [3.8, 4) is 0 Å². The van der Waals surface area contributed by atoms with E-state index in [1.165, 1.54) is 0 Å². The van der Waals surface area contributed by atoms with Crippen LogP contribution in [0.25, 0.3) is 0 Å². The van der Waals surface area contributed by atoms with E-state index in [4.69, 9.17) is 16.7 Å². The lowest BCUT2D eigenvalue weighted by molar-refractivity contribution is 0.0926. The van der Waals surface area contributed by atoms with Crippen LogP contribution in [0.15, 0.2) is 18.2 Å². The van der Waals surface area contributed by atoms with Crippen molar-refractivity contribution >= 4 is 17.6 Å². The van der Waals surface area contributed by atoms with Gasteiger partial charge in [-0.1, -0.05) is 23.7 Å². The number of carbonyl (C=O) groups excluding carboxylic acids is 1. The van der Waals surface area contributed by atoms with Gasteiger partial charge in [0.15, 0.2) is 0 Å². The zero-order chi connectivity index (χ0) is 16.1. The molecule has 0 saturated carbocycles. The number of aliphatic hydroxyl groups is 1. The highest BCUT2D eigenvalue weighted by Gasteiger charge is 2.26. The summed E-state index contributed by atoms with van der Waals surface area (Å²) in [5, 5.41) is 12.8. The SMILES string of the molecule is Cc1c(Cl)cccc1CNC(=O)N1CCN(C)C(CCO)C1. The molecule has 1 saturated heterocycles. The van der Waals surface area contributed by atoms with Crippen molar-refractivity contribution in [1.29, 1.82) is 0 Å². The van der Waals surface area contributed by atoms with Gasteiger partial charge in [0.05, 0.1) is 0 Å². The largest absolute Gasteiger partial charge is 0.396 e. The Kier molecular flexibility index (Phi) is 6.06. The summed E-state index contributed by atoms with van der Waals surface area (Å²) in [4.78, 5) is 16.3. The van der Waals surface area contributed by atoms with Crippen LogP contribution in [-0.4, -0.2) is 60.3 Å². The van der Waals surface area contributed by atoms with Gasteiger partial charge < -0.3 is 15.3 Å². The predicted molar refractivity (Wildman–Crippen MR) is 88.1 cm³/mol. The van der Waals surface area contributed by atoms with Gasteiger partial charge >= 0.3 is 6.03 Å². The molecule has 1 aliphatic rings. The lowest BCUT2D eigenvalue weighted by Crippen LogP contribution is -2.55. The van der Waals surface area contributed by atoms with Gasteiger partial charge in [0, 0.05) is 43.9 Å². The smallest absolute Gasteiger partial charge is 0.317 e. The van der Waals surface area contributed by atoms with Gasteiger partial charge in [-0.2, -0.15) is 0 Å². The molecule has 22 heavy (non-hydrogen) atoms. The van der Waals surface area contributed by atoms with Crippen LogP contribution < -0.4 is 5.32 Å². The molecule has 122 valence electrons. The van der Waals surface area contributed by atoms with E-state index >= 15 is 0 Å². The highest BCUT2D eigenvalue weighted by molar-refractivity contribution is 6.31. The maximum absolute atomic E-state index is 12.3. The summed E-state index contributed by atoms with van der Waals surface area (Å²) >= 11 is 6.10. The molecule has 1 unspecified atom stereocenters. The molecular formula is C16H24ClN3O2. The fourth-order valence-corrected chi connectivity index (χ4v) is 2.91. The van der Waals surface area contributed by atoms with Gasteiger partial charge in [-0.3, -0.25) is 4.90 Å². The number of piperazine rings is 1. The number of likely N-dealkylation sites (N-methyl/N-ethyl adjacent to an activating group) is 1. The van der Waals surface area contributed by atoms with E-state index in [0.717, 1.165) is 17.7 Å². The van der Waals surface area contributed by atoms with Crippen molar-refractivity contribution < 1.29 is 9.90 Å². The Morgan fingerprint density at radius 3 is 2.95 bits per heavy atom. The van der Waals surface area contributed by atoms with Crippen molar-refractivity contribution in [2.45, 2.75) is 25.9 Å². The fourth-order valence-electron chi connectivity index (χ4n) is 2.72. The Bertz CT molecular complexity index is 524. The molecule has 0 spiro atoms. The molecule has 2 rings (SSSR count). The number of carbonyl (C=O) groups is 1. The number of rotatable bonds is 4. The van der Waals surface area contributed by atoms with Gasteiger partial charge in [0.25, 0.3) is 0 Å². The lowest BCUT2D eigenvalue weighted by atomic mass is 10.1. The van der Waals surface area contributed by atoms with Crippen LogP contribution in [0.4, 0.5) is 4.79 Å². The van der Waals surface area contributed by atoms with Crippen molar-refractivity contribution in [3.05, 3.63) is 34.3 Å². The Morgan fingerprint density at radius 1 is 1.45 bits per heavy atom.